The molecule has 1 atom stereocenters. The van der Waals surface area contributed by atoms with E-state index in [1.807, 2.05) is 6.92 Å². The van der Waals surface area contributed by atoms with Crippen LogP contribution in [0.4, 0.5) is 0 Å². The Balaban J connectivity index is 1.95. The first kappa shape index (κ1) is 18.9. The summed E-state index contributed by atoms with van der Waals surface area (Å²) in [6.45, 7) is 1.93. The number of amides is 2. The normalized spacial score (nSPS) is 21.9. The highest BCUT2D eigenvalue weighted by atomic mass is 16.2. The van der Waals surface area contributed by atoms with E-state index in [1.54, 1.807) is 0 Å². The Kier molecular flexibility index (Phi) is 6.78. The molecule has 0 spiro atoms. The molecule has 0 saturated heterocycles. The minimum Gasteiger partial charge on any atom is -0.347 e. The predicted molar refractivity (Wildman–Crippen MR) is 92.2 cm³/mol. The van der Waals surface area contributed by atoms with Crippen molar-refractivity contribution in [1.29, 1.82) is 0 Å². The minimum atomic E-state index is -0.896. The van der Waals surface area contributed by atoms with Crippen LogP contribution in [0.25, 0.3) is 0 Å². The van der Waals surface area contributed by atoms with Crippen LogP contribution in [-0.4, -0.2) is 35.2 Å². The zero-order chi connectivity index (χ0) is 17.6. The van der Waals surface area contributed by atoms with Gasteiger partial charge in [0.2, 0.25) is 11.7 Å². The predicted octanol–water partition coefficient (Wildman–Crippen LogP) is 1.56. The topological polar surface area (TPSA) is 101 Å². The Labute approximate surface area is 144 Å². The molecule has 4 N–H and O–H groups in total. The molecule has 2 aliphatic carbocycles. The number of hydrogen-bond donors (Lipinski definition) is 3. The van der Waals surface area contributed by atoms with Crippen LogP contribution in [0.1, 0.15) is 77.6 Å². The van der Waals surface area contributed by atoms with Gasteiger partial charge >= 0.3 is 0 Å². The van der Waals surface area contributed by atoms with E-state index in [0.717, 1.165) is 44.9 Å². The van der Waals surface area contributed by atoms with Crippen LogP contribution < -0.4 is 16.4 Å². The lowest BCUT2D eigenvalue weighted by atomic mass is 9.81. The molecule has 2 saturated carbocycles. The van der Waals surface area contributed by atoms with Gasteiger partial charge in [-0.15, -0.1) is 0 Å². The van der Waals surface area contributed by atoms with E-state index in [4.69, 9.17) is 5.73 Å². The number of Topliss-reactive ketones (excluding diaryl/α,β-unsaturated/α-hetero) is 1. The molecule has 2 amide bonds. The summed E-state index contributed by atoms with van der Waals surface area (Å²) in [5.41, 5.74) is 5.34. The first-order chi connectivity index (χ1) is 11.5. The van der Waals surface area contributed by atoms with Crippen molar-refractivity contribution in [2.24, 2.45) is 5.73 Å². The summed E-state index contributed by atoms with van der Waals surface area (Å²) in [5, 5.41) is 5.57. The van der Waals surface area contributed by atoms with E-state index in [9.17, 15) is 14.4 Å². The summed E-state index contributed by atoms with van der Waals surface area (Å²) < 4.78 is 0. The molecule has 136 valence electrons. The SMILES string of the molecule is CCC[C@H](NC(=O)C1(N)CCCCC1)C(=O)C(=O)NC1CCCC1. The maximum absolute atomic E-state index is 12.6. The van der Waals surface area contributed by atoms with Crippen LogP contribution in [0.3, 0.4) is 0 Å². The number of hydrogen-bond acceptors (Lipinski definition) is 4. The Morgan fingerprint density at radius 2 is 1.71 bits per heavy atom. The number of nitrogens with two attached hydrogens (primary N) is 1. The Bertz CT molecular complexity index is 466. The van der Waals surface area contributed by atoms with Gasteiger partial charge in [0.15, 0.2) is 0 Å². The maximum atomic E-state index is 12.6. The first-order valence-electron chi connectivity index (χ1n) is 9.41. The van der Waals surface area contributed by atoms with Gasteiger partial charge in [0.1, 0.15) is 0 Å². The largest absolute Gasteiger partial charge is 0.347 e. The van der Waals surface area contributed by atoms with Gasteiger partial charge in [0.25, 0.3) is 5.91 Å². The van der Waals surface area contributed by atoms with Gasteiger partial charge < -0.3 is 16.4 Å². The van der Waals surface area contributed by atoms with Crippen molar-refractivity contribution in [2.45, 2.75) is 95.2 Å². The molecule has 2 aliphatic rings. The Morgan fingerprint density at radius 3 is 2.29 bits per heavy atom. The highest BCUT2D eigenvalue weighted by molar-refractivity contribution is 6.38. The molecule has 0 unspecified atom stereocenters. The van der Waals surface area contributed by atoms with Crippen LogP contribution in [-0.2, 0) is 14.4 Å². The van der Waals surface area contributed by atoms with E-state index >= 15 is 0 Å². The Morgan fingerprint density at radius 1 is 1.08 bits per heavy atom. The van der Waals surface area contributed by atoms with Gasteiger partial charge in [-0.1, -0.05) is 45.4 Å². The molecule has 0 aliphatic heterocycles. The third-order valence-electron chi connectivity index (χ3n) is 5.31. The van der Waals surface area contributed by atoms with E-state index in [1.165, 1.54) is 0 Å². The first-order valence-corrected chi connectivity index (χ1v) is 9.41. The Hall–Kier alpha value is -1.43. The summed E-state index contributed by atoms with van der Waals surface area (Å²) in [7, 11) is 0. The summed E-state index contributed by atoms with van der Waals surface area (Å²) in [6, 6.07) is -0.676. The van der Waals surface area contributed by atoms with Gasteiger partial charge in [-0.25, -0.2) is 0 Å². The van der Waals surface area contributed by atoms with E-state index in [-0.39, 0.29) is 11.9 Å². The summed E-state index contributed by atoms with van der Waals surface area (Å²) >= 11 is 0. The molecule has 2 fully saturated rings. The molecule has 2 rings (SSSR count). The molecule has 0 bridgehead atoms. The summed E-state index contributed by atoms with van der Waals surface area (Å²) in [5.74, 6) is -1.41. The van der Waals surface area contributed by atoms with Gasteiger partial charge in [-0.3, -0.25) is 14.4 Å². The van der Waals surface area contributed by atoms with E-state index in [2.05, 4.69) is 10.6 Å². The van der Waals surface area contributed by atoms with Crippen LogP contribution in [0.2, 0.25) is 0 Å². The lowest BCUT2D eigenvalue weighted by Gasteiger charge is -2.33. The third-order valence-corrected chi connectivity index (χ3v) is 5.31. The van der Waals surface area contributed by atoms with Crippen molar-refractivity contribution in [3.63, 3.8) is 0 Å². The maximum Gasteiger partial charge on any atom is 0.289 e. The summed E-state index contributed by atoms with van der Waals surface area (Å²) in [4.78, 5) is 37.2. The number of rotatable bonds is 7. The molecule has 0 aromatic rings. The average molecular weight is 337 g/mol. The molecule has 0 aromatic carbocycles. The van der Waals surface area contributed by atoms with Crippen molar-refractivity contribution < 1.29 is 14.4 Å². The van der Waals surface area contributed by atoms with Crippen LogP contribution in [0, 0.1) is 0 Å². The van der Waals surface area contributed by atoms with Gasteiger partial charge in [-0.2, -0.15) is 0 Å². The van der Waals surface area contributed by atoms with Crippen molar-refractivity contribution in [2.75, 3.05) is 0 Å². The van der Waals surface area contributed by atoms with Gasteiger partial charge in [-0.05, 0) is 32.1 Å². The lowest BCUT2D eigenvalue weighted by molar-refractivity contribution is -0.141. The fraction of sp³-hybridized carbons (Fsp3) is 0.833. The fourth-order valence-electron chi connectivity index (χ4n) is 3.75. The number of carbonyl (C=O) groups is 3. The molecular weight excluding hydrogens is 306 g/mol. The summed E-state index contributed by atoms with van der Waals surface area (Å²) in [6.07, 6.45) is 9.42. The zero-order valence-electron chi connectivity index (χ0n) is 14.7. The molecule has 0 heterocycles. The van der Waals surface area contributed by atoms with Gasteiger partial charge in [0, 0.05) is 6.04 Å². The number of carbonyl (C=O) groups excluding carboxylic acids is 3. The minimum absolute atomic E-state index is 0.0959. The number of ketones is 1. The third kappa shape index (κ3) is 4.79. The lowest BCUT2D eigenvalue weighted by Crippen LogP contribution is -2.59. The fourth-order valence-corrected chi connectivity index (χ4v) is 3.75. The van der Waals surface area contributed by atoms with E-state index in [0.29, 0.717) is 25.7 Å². The molecule has 6 heteroatoms. The monoisotopic (exact) mass is 337 g/mol. The van der Waals surface area contributed by atoms with Crippen LogP contribution in [0.5, 0.6) is 0 Å². The van der Waals surface area contributed by atoms with E-state index < -0.39 is 23.3 Å². The van der Waals surface area contributed by atoms with Crippen molar-refractivity contribution >= 4 is 17.6 Å². The van der Waals surface area contributed by atoms with Crippen LogP contribution >= 0.6 is 0 Å². The molecular formula is C18H31N3O3. The van der Waals surface area contributed by atoms with Crippen molar-refractivity contribution in [3.05, 3.63) is 0 Å². The smallest absolute Gasteiger partial charge is 0.289 e. The highest BCUT2D eigenvalue weighted by Gasteiger charge is 2.38. The molecule has 6 nitrogen and oxygen atoms in total. The molecule has 24 heavy (non-hydrogen) atoms. The quantitative estimate of drug-likeness (QED) is 0.614. The van der Waals surface area contributed by atoms with Crippen molar-refractivity contribution in [1.82, 2.24) is 10.6 Å². The number of nitrogens with one attached hydrogen (secondary N) is 2. The second-order valence-electron chi connectivity index (χ2n) is 7.35. The second-order valence-corrected chi connectivity index (χ2v) is 7.35. The molecule has 0 radical (unpaired) electrons. The van der Waals surface area contributed by atoms with Crippen molar-refractivity contribution in [3.8, 4) is 0 Å². The average Bonchev–Trinajstić information content (AvgIpc) is 3.07. The standard InChI is InChI=1S/C18H31N3O3/c1-2-8-14(15(22)16(23)20-13-9-4-5-10-13)21-17(24)18(19)11-6-3-7-12-18/h13-14H,2-12,19H2,1H3,(H,20,23)(H,21,24)/t14-/m0/s1. The molecule has 0 aromatic heterocycles. The van der Waals surface area contributed by atoms with Crippen LogP contribution in [0.15, 0.2) is 0 Å². The van der Waals surface area contributed by atoms with Gasteiger partial charge in [0.05, 0.1) is 11.6 Å². The highest BCUT2D eigenvalue weighted by Crippen LogP contribution is 2.26. The zero-order valence-corrected chi connectivity index (χ0v) is 14.7. The second kappa shape index (κ2) is 8.60.